The molecule has 3 fully saturated rings. The van der Waals surface area contributed by atoms with Crippen molar-refractivity contribution >= 4 is 5.78 Å². The highest BCUT2D eigenvalue weighted by Gasteiger charge is 2.61. The molecular weight excluding hydrogens is 396 g/mol. The highest BCUT2D eigenvalue weighted by Crippen LogP contribution is 2.66. The van der Waals surface area contributed by atoms with Crippen LogP contribution in [-0.4, -0.2) is 27.7 Å². The van der Waals surface area contributed by atoms with Gasteiger partial charge in [-0.05, 0) is 104 Å². The van der Waals surface area contributed by atoms with Gasteiger partial charge in [-0.1, -0.05) is 46.3 Å². The summed E-state index contributed by atoms with van der Waals surface area (Å²) >= 11 is 0. The Bertz CT molecular complexity index is 783. The van der Waals surface area contributed by atoms with E-state index in [1.54, 1.807) is 6.08 Å². The molecule has 4 rings (SSSR count). The molecular formula is C29H46O3. The molecule has 0 spiro atoms. The summed E-state index contributed by atoms with van der Waals surface area (Å²) in [6.07, 6.45) is 12.5. The van der Waals surface area contributed by atoms with E-state index in [0.29, 0.717) is 35.9 Å². The second-order valence-corrected chi connectivity index (χ2v) is 12.7. The Morgan fingerprint density at radius 1 is 1.16 bits per heavy atom. The van der Waals surface area contributed by atoms with Crippen LogP contribution < -0.4 is 0 Å². The average molecular weight is 443 g/mol. The van der Waals surface area contributed by atoms with Crippen LogP contribution in [-0.2, 0) is 4.79 Å². The van der Waals surface area contributed by atoms with Gasteiger partial charge in [-0.2, -0.15) is 0 Å². The number of rotatable bonds is 6. The van der Waals surface area contributed by atoms with Crippen molar-refractivity contribution in [1.82, 2.24) is 0 Å². The molecule has 0 radical (unpaired) electrons. The SMILES string of the molecule is C=C[C@](O)(CC[C@@H](C)[C@H]1CC[C@H]2[C@@H]3C(=O)C=C4C[C@@H](O)CC[C@]4(C)[C@H]3CC[C@]12C)C(C)C. The van der Waals surface area contributed by atoms with E-state index in [0.717, 1.165) is 38.5 Å². The summed E-state index contributed by atoms with van der Waals surface area (Å²) in [5.41, 5.74) is 0.758. The van der Waals surface area contributed by atoms with Crippen molar-refractivity contribution in [2.75, 3.05) is 0 Å². The van der Waals surface area contributed by atoms with E-state index in [4.69, 9.17) is 0 Å². The summed E-state index contributed by atoms with van der Waals surface area (Å²) in [4.78, 5) is 13.5. The minimum atomic E-state index is -0.786. The predicted octanol–water partition coefficient (Wildman–Crippen LogP) is 6.09. The highest BCUT2D eigenvalue weighted by molar-refractivity contribution is 5.94. The molecule has 180 valence electrons. The Labute approximate surface area is 195 Å². The maximum Gasteiger partial charge on any atom is 0.159 e. The minimum Gasteiger partial charge on any atom is -0.393 e. The first kappa shape index (κ1) is 24.2. The number of hydrogen-bond donors (Lipinski definition) is 2. The second kappa shape index (κ2) is 8.38. The zero-order valence-electron chi connectivity index (χ0n) is 21.1. The normalized spacial score (nSPS) is 44.2. The fraction of sp³-hybridized carbons (Fsp3) is 0.828. The molecule has 4 aliphatic carbocycles. The van der Waals surface area contributed by atoms with Crippen molar-refractivity contribution in [2.24, 2.45) is 46.3 Å². The van der Waals surface area contributed by atoms with Gasteiger partial charge in [-0.25, -0.2) is 0 Å². The third kappa shape index (κ3) is 3.66. The molecule has 3 nitrogen and oxygen atoms in total. The van der Waals surface area contributed by atoms with Crippen molar-refractivity contribution in [2.45, 2.75) is 104 Å². The number of carbonyl (C=O) groups is 1. The Hall–Kier alpha value is -0.930. The molecule has 3 saturated carbocycles. The van der Waals surface area contributed by atoms with E-state index in [1.165, 1.54) is 18.4 Å². The summed E-state index contributed by atoms with van der Waals surface area (Å²) in [6, 6.07) is 0. The Morgan fingerprint density at radius 2 is 1.88 bits per heavy atom. The van der Waals surface area contributed by atoms with E-state index in [9.17, 15) is 15.0 Å². The van der Waals surface area contributed by atoms with Gasteiger partial charge >= 0.3 is 0 Å². The highest BCUT2D eigenvalue weighted by atomic mass is 16.3. The monoisotopic (exact) mass is 442 g/mol. The lowest BCUT2D eigenvalue weighted by atomic mass is 9.46. The molecule has 3 heteroatoms. The van der Waals surface area contributed by atoms with Crippen LogP contribution in [0.15, 0.2) is 24.3 Å². The molecule has 0 saturated heterocycles. The standard InChI is InChI=1S/C29H46O3/c1-7-29(32,18(2)3)15-10-19(4)22-8-9-23-26-24(12-14-28(22,23)6)27(5)13-11-21(30)16-20(27)17-25(26)31/h7,17-19,21-24,26,30,32H,1,8-16H2,2-6H3/t19-,21+,22-,23+,24+,26+,27+,28-,29+/m1/s1. The Kier molecular flexibility index (Phi) is 6.34. The molecule has 2 N–H and O–H groups in total. The van der Waals surface area contributed by atoms with E-state index in [2.05, 4.69) is 41.2 Å². The Balaban J connectivity index is 1.54. The molecule has 0 aliphatic heterocycles. The molecule has 4 aliphatic rings. The maximum atomic E-state index is 13.5. The van der Waals surface area contributed by atoms with Crippen molar-refractivity contribution in [1.29, 1.82) is 0 Å². The number of allylic oxidation sites excluding steroid dienone is 1. The molecule has 0 aromatic rings. The van der Waals surface area contributed by atoms with Gasteiger partial charge < -0.3 is 10.2 Å². The van der Waals surface area contributed by atoms with Crippen LogP contribution in [0.2, 0.25) is 0 Å². The maximum absolute atomic E-state index is 13.5. The van der Waals surface area contributed by atoms with E-state index >= 15 is 0 Å². The number of aliphatic hydroxyl groups excluding tert-OH is 1. The quantitative estimate of drug-likeness (QED) is 0.489. The van der Waals surface area contributed by atoms with Gasteiger partial charge in [0, 0.05) is 5.92 Å². The third-order valence-electron chi connectivity index (χ3n) is 11.0. The van der Waals surface area contributed by atoms with E-state index < -0.39 is 5.60 Å². The fourth-order valence-corrected chi connectivity index (χ4v) is 8.64. The lowest BCUT2D eigenvalue weighted by Gasteiger charge is -2.57. The number of aliphatic hydroxyl groups is 2. The largest absolute Gasteiger partial charge is 0.393 e. The fourth-order valence-electron chi connectivity index (χ4n) is 8.64. The minimum absolute atomic E-state index is 0.0978. The predicted molar refractivity (Wildman–Crippen MR) is 130 cm³/mol. The average Bonchev–Trinajstić information content (AvgIpc) is 3.10. The third-order valence-corrected chi connectivity index (χ3v) is 11.0. The van der Waals surface area contributed by atoms with Gasteiger partial charge in [0.05, 0.1) is 11.7 Å². The summed E-state index contributed by atoms with van der Waals surface area (Å²) in [6.45, 7) is 15.3. The van der Waals surface area contributed by atoms with Crippen LogP contribution in [0.4, 0.5) is 0 Å². The van der Waals surface area contributed by atoms with Gasteiger partial charge in [-0.15, -0.1) is 6.58 Å². The summed E-state index contributed by atoms with van der Waals surface area (Å²) < 4.78 is 0. The van der Waals surface area contributed by atoms with Crippen molar-refractivity contribution in [3.8, 4) is 0 Å². The summed E-state index contributed by atoms with van der Waals surface area (Å²) in [7, 11) is 0. The number of ketones is 1. The van der Waals surface area contributed by atoms with Crippen molar-refractivity contribution in [3.05, 3.63) is 24.3 Å². The van der Waals surface area contributed by atoms with Crippen LogP contribution in [0.1, 0.15) is 92.4 Å². The van der Waals surface area contributed by atoms with E-state index in [1.807, 2.05) is 6.08 Å². The van der Waals surface area contributed by atoms with Gasteiger partial charge in [0.15, 0.2) is 5.78 Å². The van der Waals surface area contributed by atoms with Gasteiger partial charge in [-0.3, -0.25) is 4.79 Å². The smallest absolute Gasteiger partial charge is 0.159 e. The van der Waals surface area contributed by atoms with Crippen molar-refractivity contribution in [3.63, 3.8) is 0 Å². The zero-order chi connectivity index (χ0) is 23.5. The lowest BCUT2D eigenvalue weighted by Crippen LogP contribution is -2.53. The van der Waals surface area contributed by atoms with Crippen LogP contribution in [0.5, 0.6) is 0 Å². The van der Waals surface area contributed by atoms with Crippen LogP contribution in [0, 0.1) is 46.3 Å². The molecule has 0 bridgehead atoms. The number of carbonyl (C=O) groups excluding carboxylic acids is 1. The van der Waals surface area contributed by atoms with Gasteiger partial charge in [0.25, 0.3) is 0 Å². The first-order valence-corrected chi connectivity index (χ1v) is 13.2. The summed E-state index contributed by atoms with van der Waals surface area (Å²) in [5.74, 6) is 2.76. The number of fused-ring (bicyclic) bond motifs is 5. The molecule has 32 heavy (non-hydrogen) atoms. The van der Waals surface area contributed by atoms with Crippen LogP contribution in [0.3, 0.4) is 0 Å². The molecule has 0 heterocycles. The molecule has 9 atom stereocenters. The zero-order valence-corrected chi connectivity index (χ0v) is 21.1. The molecule has 0 unspecified atom stereocenters. The number of hydrogen-bond acceptors (Lipinski definition) is 3. The van der Waals surface area contributed by atoms with Crippen molar-refractivity contribution < 1.29 is 15.0 Å². The summed E-state index contributed by atoms with van der Waals surface area (Å²) in [5, 5.41) is 21.2. The second-order valence-electron chi connectivity index (χ2n) is 12.7. The first-order chi connectivity index (χ1) is 15.0. The lowest BCUT2D eigenvalue weighted by molar-refractivity contribution is -0.135. The van der Waals surface area contributed by atoms with Gasteiger partial charge in [0.2, 0.25) is 0 Å². The van der Waals surface area contributed by atoms with Crippen LogP contribution >= 0.6 is 0 Å². The van der Waals surface area contributed by atoms with Gasteiger partial charge in [0.1, 0.15) is 0 Å². The first-order valence-electron chi connectivity index (χ1n) is 13.2. The Morgan fingerprint density at radius 3 is 2.53 bits per heavy atom. The topological polar surface area (TPSA) is 57.5 Å². The molecule has 0 aromatic carbocycles. The van der Waals surface area contributed by atoms with E-state index in [-0.39, 0.29) is 28.8 Å². The molecule has 0 amide bonds. The van der Waals surface area contributed by atoms with Crippen LogP contribution in [0.25, 0.3) is 0 Å². The molecule has 0 aromatic heterocycles.